The zero-order valence-corrected chi connectivity index (χ0v) is 12.5. The van der Waals surface area contributed by atoms with Crippen LogP contribution in [0.15, 0.2) is 9.85 Å². The lowest BCUT2D eigenvalue weighted by atomic mass is 10.1. The van der Waals surface area contributed by atoms with E-state index in [-0.39, 0.29) is 12.6 Å². The summed E-state index contributed by atoms with van der Waals surface area (Å²) < 4.78 is 41.8. The highest BCUT2D eigenvalue weighted by Crippen LogP contribution is 2.31. The third kappa shape index (κ3) is 5.26. The van der Waals surface area contributed by atoms with Gasteiger partial charge >= 0.3 is 6.18 Å². The molecule has 0 saturated carbocycles. The molecule has 1 N–H and O–H groups in total. The Balaban J connectivity index is 2.63. The molecule has 18 heavy (non-hydrogen) atoms. The van der Waals surface area contributed by atoms with Gasteiger partial charge < -0.3 is 10.1 Å². The molecule has 104 valence electrons. The Hall–Kier alpha value is -0.110. The third-order valence-electron chi connectivity index (χ3n) is 2.30. The lowest BCUT2D eigenvalue weighted by Crippen LogP contribution is -2.28. The number of likely N-dealkylation sites (N-methyl/N-ethyl adjacent to an activating group) is 1. The van der Waals surface area contributed by atoms with E-state index in [2.05, 4.69) is 21.2 Å². The molecule has 1 rings (SSSR count). The maximum atomic E-state index is 12.0. The van der Waals surface area contributed by atoms with Crippen molar-refractivity contribution in [3.63, 3.8) is 0 Å². The van der Waals surface area contributed by atoms with Gasteiger partial charge in [0.15, 0.2) is 0 Å². The van der Waals surface area contributed by atoms with Gasteiger partial charge in [-0.05, 0) is 41.0 Å². The Kier molecular flexibility index (Phi) is 6.10. The van der Waals surface area contributed by atoms with Crippen LogP contribution in [0.2, 0.25) is 0 Å². The summed E-state index contributed by atoms with van der Waals surface area (Å²) in [6.07, 6.45) is -4.28. The number of halogens is 4. The molecule has 1 aromatic rings. The van der Waals surface area contributed by atoms with Gasteiger partial charge in [-0.3, -0.25) is 0 Å². The number of alkyl halides is 3. The van der Waals surface area contributed by atoms with Gasteiger partial charge in [-0.15, -0.1) is 11.3 Å². The Morgan fingerprint density at radius 3 is 2.61 bits per heavy atom. The highest BCUT2D eigenvalue weighted by Gasteiger charge is 2.28. The molecule has 0 aromatic carbocycles. The van der Waals surface area contributed by atoms with Crippen molar-refractivity contribution >= 4 is 27.3 Å². The summed E-state index contributed by atoms with van der Waals surface area (Å²) in [5.41, 5.74) is 0.982. The Morgan fingerprint density at radius 2 is 2.17 bits per heavy atom. The van der Waals surface area contributed by atoms with E-state index >= 15 is 0 Å². The Labute approximate surface area is 117 Å². The van der Waals surface area contributed by atoms with E-state index in [0.717, 1.165) is 14.2 Å². The summed E-state index contributed by atoms with van der Waals surface area (Å²) in [7, 11) is 0. The minimum Gasteiger partial charge on any atom is -0.370 e. The van der Waals surface area contributed by atoms with Crippen LogP contribution in [-0.2, 0) is 4.74 Å². The van der Waals surface area contributed by atoms with E-state index in [4.69, 9.17) is 4.74 Å². The number of hydrogen-bond donors (Lipinski definition) is 1. The molecule has 1 aromatic heterocycles. The lowest BCUT2D eigenvalue weighted by Gasteiger charge is -2.18. The van der Waals surface area contributed by atoms with E-state index in [1.165, 1.54) is 0 Å². The van der Waals surface area contributed by atoms with Crippen LogP contribution in [0, 0.1) is 6.92 Å². The van der Waals surface area contributed by atoms with Crippen LogP contribution < -0.4 is 5.32 Å². The molecule has 7 heteroatoms. The summed E-state index contributed by atoms with van der Waals surface area (Å²) in [5, 5.41) is 3.13. The highest BCUT2D eigenvalue weighted by atomic mass is 79.9. The van der Waals surface area contributed by atoms with Crippen LogP contribution in [-0.4, -0.2) is 25.9 Å². The topological polar surface area (TPSA) is 21.3 Å². The number of hydrogen-bond acceptors (Lipinski definition) is 3. The largest absolute Gasteiger partial charge is 0.411 e. The molecule has 1 unspecified atom stereocenters. The second-order valence-electron chi connectivity index (χ2n) is 3.80. The first-order valence-electron chi connectivity index (χ1n) is 5.47. The third-order valence-corrected chi connectivity index (χ3v) is 3.87. The molecule has 0 saturated heterocycles. The Morgan fingerprint density at radius 1 is 1.50 bits per heavy atom. The van der Waals surface area contributed by atoms with Crippen molar-refractivity contribution < 1.29 is 17.9 Å². The SMILES string of the molecule is CCNC(COCC(F)(F)F)c1cc(Br)sc1C. The van der Waals surface area contributed by atoms with Crippen molar-refractivity contribution in [2.45, 2.75) is 26.1 Å². The van der Waals surface area contributed by atoms with E-state index in [0.29, 0.717) is 6.54 Å². The Bertz CT molecular complexity index is 381. The molecule has 0 bridgehead atoms. The molecule has 0 aliphatic heterocycles. The van der Waals surface area contributed by atoms with E-state index in [1.807, 2.05) is 19.9 Å². The van der Waals surface area contributed by atoms with Crippen LogP contribution in [0.4, 0.5) is 13.2 Å². The fourth-order valence-electron chi connectivity index (χ4n) is 1.60. The van der Waals surface area contributed by atoms with Gasteiger partial charge in [0, 0.05) is 4.88 Å². The van der Waals surface area contributed by atoms with Crippen molar-refractivity contribution in [1.82, 2.24) is 5.32 Å². The first-order chi connectivity index (χ1) is 8.33. The van der Waals surface area contributed by atoms with Gasteiger partial charge in [-0.1, -0.05) is 6.92 Å². The molecule has 0 fully saturated rings. The van der Waals surface area contributed by atoms with Crippen LogP contribution in [0.1, 0.15) is 23.4 Å². The first-order valence-corrected chi connectivity index (χ1v) is 7.08. The summed E-state index contributed by atoms with van der Waals surface area (Å²) in [4.78, 5) is 1.07. The highest BCUT2D eigenvalue weighted by molar-refractivity contribution is 9.11. The molecule has 0 aliphatic rings. The van der Waals surface area contributed by atoms with Crippen LogP contribution in [0.3, 0.4) is 0 Å². The smallest absolute Gasteiger partial charge is 0.370 e. The van der Waals surface area contributed by atoms with E-state index in [9.17, 15) is 13.2 Å². The fraction of sp³-hybridized carbons (Fsp3) is 0.636. The maximum absolute atomic E-state index is 12.0. The van der Waals surface area contributed by atoms with Gasteiger partial charge in [0.1, 0.15) is 6.61 Å². The molecular weight excluding hydrogens is 331 g/mol. The number of nitrogens with one attached hydrogen (secondary N) is 1. The van der Waals surface area contributed by atoms with E-state index in [1.54, 1.807) is 11.3 Å². The number of rotatable bonds is 6. The monoisotopic (exact) mass is 345 g/mol. The van der Waals surface area contributed by atoms with Crippen LogP contribution in [0.25, 0.3) is 0 Å². The molecule has 0 radical (unpaired) electrons. The maximum Gasteiger partial charge on any atom is 0.411 e. The van der Waals surface area contributed by atoms with Crippen LogP contribution >= 0.6 is 27.3 Å². The van der Waals surface area contributed by atoms with Gasteiger partial charge in [-0.25, -0.2) is 0 Å². The van der Waals surface area contributed by atoms with Crippen molar-refractivity contribution in [2.75, 3.05) is 19.8 Å². The van der Waals surface area contributed by atoms with Crippen molar-refractivity contribution in [3.8, 4) is 0 Å². The predicted octanol–water partition coefficient (Wildman–Crippen LogP) is 4.05. The van der Waals surface area contributed by atoms with Gasteiger partial charge in [0.25, 0.3) is 0 Å². The van der Waals surface area contributed by atoms with Gasteiger partial charge in [0.2, 0.25) is 0 Å². The molecule has 0 spiro atoms. The van der Waals surface area contributed by atoms with Gasteiger partial charge in [0.05, 0.1) is 16.4 Å². The lowest BCUT2D eigenvalue weighted by molar-refractivity contribution is -0.175. The summed E-state index contributed by atoms with van der Waals surface area (Å²) in [6, 6.07) is 1.71. The summed E-state index contributed by atoms with van der Waals surface area (Å²) in [6.45, 7) is 3.33. The number of thiophene rings is 1. The molecule has 0 aliphatic carbocycles. The van der Waals surface area contributed by atoms with Gasteiger partial charge in [-0.2, -0.15) is 13.2 Å². The van der Waals surface area contributed by atoms with E-state index < -0.39 is 12.8 Å². The predicted molar refractivity (Wildman–Crippen MR) is 70.0 cm³/mol. The standard InChI is InChI=1S/C11H15BrF3NOS/c1-3-16-9(5-17-6-11(13,14)15)8-4-10(12)18-7(8)2/h4,9,16H,3,5-6H2,1-2H3. The molecule has 1 atom stereocenters. The minimum absolute atomic E-state index is 0.0113. The van der Waals surface area contributed by atoms with Crippen molar-refractivity contribution in [3.05, 3.63) is 20.3 Å². The zero-order valence-electron chi connectivity index (χ0n) is 10.1. The average Bonchev–Trinajstić information content (AvgIpc) is 2.55. The van der Waals surface area contributed by atoms with Crippen LogP contribution in [0.5, 0.6) is 0 Å². The average molecular weight is 346 g/mol. The minimum atomic E-state index is -4.28. The first kappa shape index (κ1) is 15.9. The quantitative estimate of drug-likeness (QED) is 0.839. The second kappa shape index (κ2) is 6.88. The van der Waals surface area contributed by atoms with Crippen molar-refractivity contribution in [1.29, 1.82) is 0 Å². The number of ether oxygens (including phenoxy) is 1. The molecule has 1 heterocycles. The number of aryl methyl sites for hydroxylation is 1. The normalized spacial score (nSPS) is 13.9. The zero-order chi connectivity index (χ0) is 13.8. The fourth-order valence-corrected chi connectivity index (χ4v) is 3.37. The molecular formula is C11H15BrF3NOS. The van der Waals surface area contributed by atoms with Crippen molar-refractivity contribution in [2.24, 2.45) is 0 Å². The summed E-state index contributed by atoms with van der Waals surface area (Å²) >= 11 is 4.93. The molecule has 2 nitrogen and oxygen atoms in total. The summed E-state index contributed by atoms with van der Waals surface area (Å²) in [5.74, 6) is 0. The second-order valence-corrected chi connectivity index (χ2v) is 6.44. The molecule has 0 amide bonds.